The number of fused-ring (bicyclic) bond motifs is 1. The molecular weight excluding hydrogens is 298 g/mol. The molecule has 1 fully saturated rings. The lowest BCUT2D eigenvalue weighted by molar-refractivity contribution is 0.200. The summed E-state index contributed by atoms with van der Waals surface area (Å²) in [6, 6.07) is 12.6. The van der Waals surface area contributed by atoms with Crippen LogP contribution in [0.25, 0.3) is 10.9 Å². The molecule has 5 nitrogen and oxygen atoms in total. The summed E-state index contributed by atoms with van der Waals surface area (Å²) in [4.78, 5) is 11.9. The molecule has 0 aliphatic carbocycles. The van der Waals surface area contributed by atoms with E-state index in [1.54, 1.807) is 0 Å². The number of aromatic nitrogens is 4. The van der Waals surface area contributed by atoms with Gasteiger partial charge in [-0.15, -0.1) is 0 Å². The summed E-state index contributed by atoms with van der Waals surface area (Å²) in [5.41, 5.74) is 2.23. The van der Waals surface area contributed by atoms with Crippen LogP contribution in [0, 0.1) is 0 Å². The van der Waals surface area contributed by atoms with Crippen molar-refractivity contribution in [2.24, 2.45) is 0 Å². The summed E-state index contributed by atoms with van der Waals surface area (Å²) in [5.74, 6) is 2.48. The Morgan fingerprint density at radius 2 is 1.92 bits per heavy atom. The quantitative estimate of drug-likeness (QED) is 0.801. The third-order valence-electron chi connectivity index (χ3n) is 4.88. The van der Waals surface area contributed by atoms with Gasteiger partial charge < -0.3 is 0 Å². The maximum atomic E-state index is 4.79. The van der Waals surface area contributed by atoms with Gasteiger partial charge in [0.1, 0.15) is 5.82 Å². The average Bonchev–Trinajstić information content (AvgIpc) is 3.11. The summed E-state index contributed by atoms with van der Waals surface area (Å²) in [6.07, 6.45) is 3.16. The van der Waals surface area contributed by atoms with E-state index in [0.717, 1.165) is 61.8 Å². The monoisotopic (exact) mass is 321 g/mol. The lowest BCUT2D eigenvalue weighted by Crippen LogP contribution is -2.33. The Balaban J connectivity index is 1.38. The molecule has 5 heteroatoms. The van der Waals surface area contributed by atoms with Gasteiger partial charge in [-0.3, -0.25) is 15.0 Å². The fraction of sp³-hybridized carbons (Fsp3) is 0.421. The fourth-order valence-electron chi connectivity index (χ4n) is 3.43. The van der Waals surface area contributed by atoms with Crippen molar-refractivity contribution < 1.29 is 0 Å². The van der Waals surface area contributed by atoms with Crippen molar-refractivity contribution in [3.63, 3.8) is 0 Å². The molecule has 0 unspecified atom stereocenters. The molecule has 1 aliphatic heterocycles. The van der Waals surface area contributed by atoms with Crippen LogP contribution in [0.3, 0.4) is 0 Å². The van der Waals surface area contributed by atoms with Gasteiger partial charge in [0, 0.05) is 24.3 Å². The SMILES string of the molecule is CCc1nc(C2CCN(Cc3ccc4ccccc4n3)CC2)n[nH]1. The number of pyridine rings is 1. The Morgan fingerprint density at radius 3 is 2.71 bits per heavy atom. The molecule has 0 radical (unpaired) electrons. The van der Waals surface area contributed by atoms with Gasteiger partial charge >= 0.3 is 0 Å². The van der Waals surface area contributed by atoms with Crippen molar-refractivity contribution in [2.45, 2.75) is 38.6 Å². The number of rotatable bonds is 4. The van der Waals surface area contributed by atoms with Gasteiger partial charge in [-0.05, 0) is 38.1 Å². The van der Waals surface area contributed by atoms with Crippen LogP contribution in [0.4, 0.5) is 0 Å². The number of para-hydroxylation sites is 1. The molecule has 0 bridgehead atoms. The second kappa shape index (κ2) is 6.69. The minimum Gasteiger partial charge on any atom is -0.297 e. The number of nitrogens with one attached hydrogen (secondary N) is 1. The van der Waals surface area contributed by atoms with E-state index in [1.807, 2.05) is 6.07 Å². The highest BCUT2D eigenvalue weighted by molar-refractivity contribution is 5.78. The molecule has 0 atom stereocenters. The lowest BCUT2D eigenvalue weighted by atomic mass is 9.96. The second-order valence-electron chi connectivity index (χ2n) is 6.54. The Labute approximate surface area is 142 Å². The van der Waals surface area contributed by atoms with Gasteiger partial charge in [-0.25, -0.2) is 4.98 Å². The number of hydrogen-bond donors (Lipinski definition) is 1. The molecule has 1 saturated heterocycles. The van der Waals surface area contributed by atoms with Crippen LogP contribution in [0.1, 0.15) is 43.0 Å². The number of hydrogen-bond acceptors (Lipinski definition) is 4. The molecular formula is C19H23N5. The van der Waals surface area contributed by atoms with Gasteiger partial charge in [0.05, 0.1) is 11.2 Å². The van der Waals surface area contributed by atoms with Crippen molar-refractivity contribution in [3.05, 3.63) is 53.7 Å². The van der Waals surface area contributed by atoms with Crippen LogP contribution >= 0.6 is 0 Å². The van der Waals surface area contributed by atoms with Crippen molar-refractivity contribution in [3.8, 4) is 0 Å². The van der Waals surface area contributed by atoms with Crippen LogP contribution in [-0.4, -0.2) is 38.2 Å². The van der Waals surface area contributed by atoms with Gasteiger partial charge in [-0.1, -0.05) is 31.2 Å². The highest BCUT2D eigenvalue weighted by Gasteiger charge is 2.23. The molecule has 1 N–H and O–H groups in total. The summed E-state index contributed by atoms with van der Waals surface area (Å²) in [5, 5.41) is 8.63. The molecule has 3 heterocycles. The predicted molar refractivity (Wildman–Crippen MR) is 94.8 cm³/mol. The number of H-pyrrole nitrogens is 1. The molecule has 124 valence electrons. The smallest absolute Gasteiger partial charge is 0.153 e. The molecule has 2 aromatic heterocycles. The molecule has 24 heavy (non-hydrogen) atoms. The largest absolute Gasteiger partial charge is 0.297 e. The van der Waals surface area contributed by atoms with Gasteiger partial charge in [0.25, 0.3) is 0 Å². The fourth-order valence-corrected chi connectivity index (χ4v) is 3.43. The van der Waals surface area contributed by atoms with Crippen LogP contribution < -0.4 is 0 Å². The van der Waals surface area contributed by atoms with E-state index in [4.69, 9.17) is 4.98 Å². The molecule has 0 saturated carbocycles. The van der Waals surface area contributed by atoms with E-state index in [-0.39, 0.29) is 0 Å². The topological polar surface area (TPSA) is 57.7 Å². The number of piperidine rings is 1. The first-order chi connectivity index (χ1) is 11.8. The maximum absolute atomic E-state index is 4.79. The van der Waals surface area contributed by atoms with E-state index < -0.39 is 0 Å². The van der Waals surface area contributed by atoms with Crippen molar-refractivity contribution >= 4 is 10.9 Å². The number of aromatic amines is 1. The molecule has 0 amide bonds. The zero-order valence-electron chi connectivity index (χ0n) is 14.1. The highest BCUT2D eigenvalue weighted by atomic mass is 15.2. The standard InChI is InChI=1S/C19H23N5/c1-2-18-21-19(23-22-18)15-9-11-24(12-10-15)13-16-8-7-14-5-3-4-6-17(14)20-16/h3-8,15H,2,9-13H2,1H3,(H,21,22,23). The van der Waals surface area contributed by atoms with E-state index in [1.165, 1.54) is 5.39 Å². The molecule has 1 aromatic carbocycles. The first-order valence-corrected chi connectivity index (χ1v) is 8.80. The zero-order valence-corrected chi connectivity index (χ0v) is 14.1. The van der Waals surface area contributed by atoms with Crippen LogP contribution in [0.5, 0.6) is 0 Å². The van der Waals surface area contributed by atoms with Gasteiger partial charge in [-0.2, -0.15) is 5.10 Å². The van der Waals surface area contributed by atoms with Gasteiger partial charge in [0.2, 0.25) is 0 Å². The molecule has 3 aromatic rings. The molecule has 1 aliphatic rings. The summed E-state index contributed by atoms with van der Waals surface area (Å²) >= 11 is 0. The maximum Gasteiger partial charge on any atom is 0.153 e. The minimum atomic E-state index is 0.488. The van der Waals surface area contributed by atoms with E-state index >= 15 is 0 Å². The Kier molecular flexibility index (Phi) is 4.26. The van der Waals surface area contributed by atoms with Crippen molar-refractivity contribution in [1.82, 2.24) is 25.1 Å². The normalized spacial score (nSPS) is 16.7. The average molecular weight is 321 g/mol. The number of likely N-dealkylation sites (tertiary alicyclic amines) is 1. The first kappa shape index (κ1) is 15.3. The minimum absolute atomic E-state index is 0.488. The summed E-state index contributed by atoms with van der Waals surface area (Å²) in [7, 11) is 0. The van der Waals surface area contributed by atoms with E-state index in [9.17, 15) is 0 Å². The Morgan fingerprint density at radius 1 is 1.08 bits per heavy atom. The Bertz CT molecular complexity index is 817. The van der Waals surface area contributed by atoms with Crippen LogP contribution in [0.2, 0.25) is 0 Å². The zero-order chi connectivity index (χ0) is 16.4. The first-order valence-electron chi connectivity index (χ1n) is 8.80. The van der Waals surface area contributed by atoms with E-state index in [2.05, 4.69) is 57.3 Å². The molecule has 4 rings (SSSR count). The van der Waals surface area contributed by atoms with Crippen LogP contribution in [0.15, 0.2) is 36.4 Å². The van der Waals surface area contributed by atoms with Crippen LogP contribution in [-0.2, 0) is 13.0 Å². The second-order valence-corrected chi connectivity index (χ2v) is 6.54. The van der Waals surface area contributed by atoms with Crippen molar-refractivity contribution in [1.29, 1.82) is 0 Å². The third kappa shape index (κ3) is 3.17. The van der Waals surface area contributed by atoms with Gasteiger partial charge in [0.15, 0.2) is 5.82 Å². The lowest BCUT2D eigenvalue weighted by Gasteiger charge is -2.30. The number of benzene rings is 1. The number of aryl methyl sites for hydroxylation is 1. The third-order valence-corrected chi connectivity index (χ3v) is 4.88. The summed E-state index contributed by atoms with van der Waals surface area (Å²) in [6.45, 7) is 5.18. The van der Waals surface area contributed by atoms with E-state index in [0.29, 0.717) is 5.92 Å². The highest BCUT2D eigenvalue weighted by Crippen LogP contribution is 2.26. The van der Waals surface area contributed by atoms with Crippen molar-refractivity contribution in [2.75, 3.05) is 13.1 Å². The Hall–Kier alpha value is -2.27. The summed E-state index contributed by atoms with van der Waals surface area (Å²) < 4.78 is 0. The molecule has 0 spiro atoms. The predicted octanol–water partition coefficient (Wildman–Crippen LogP) is 3.29. The number of nitrogens with zero attached hydrogens (tertiary/aromatic N) is 4.